The van der Waals surface area contributed by atoms with Crippen LogP contribution in [0.25, 0.3) is 0 Å². The summed E-state index contributed by atoms with van der Waals surface area (Å²) in [6.07, 6.45) is 1.88. The van der Waals surface area contributed by atoms with Crippen LogP contribution in [0, 0.1) is 6.92 Å². The van der Waals surface area contributed by atoms with Crippen molar-refractivity contribution < 1.29 is 23.9 Å². The third-order valence-electron chi connectivity index (χ3n) is 3.04. The van der Waals surface area contributed by atoms with Gasteiger partial charge in [-0.2, -0.15) is 0 Å². The van der Waals surface area contributed by atoms with Crippen molar-refractivity contribution in [2.24, 2.45) is 0 Å². The maximum atomic E-state index is 11.8. The molecule has 0 radical (unpaired) electrons. The quantitative estimate of drug-likeness (QED) is 0.354. The van der Waals surface area contributed by atoms with Crippen molar-refractivity contribution in [2.75, 3.05) is 6.61 Å². The van der Waals surface area contributed by atoms with Gasteiger partial charge in [0.2, 0.25) is 0 Å². The standard InChI is InChI=1S/C19H16O5/c1-14-7-9-16(10-8-14)24-19(22)12-11-18(21)23-13-17(20)15-5-3-2-4-6-15/h2-12H,13H2,1H3/b12-11+. The summed E-state index contributed by atoms with van der Waals surface area (Å²) in [4.78, 5) is 34.9. The number of hydrogen-bond donors (Lipinski definition) is 0. The average molecular weight is 324 g/mol. The Bertz CT molecular complexity index is 745. The van der Waals surface area contributed by atoms with Crippen LogP contribution in [0.2, 0.25) is 0 Å². The van der Waals surface area contributed by atoms with E-state index in [9.17, 15) is 14.4 Å². The van der Waals surface area contributed by atoms with E-state index in [-0.39, 0.29) is 12.4 Å². The molecule has 2 aromatic rings. The minimum atomic E-state index is -0.792. The van der Waals surface area contributed by atoms with Crippen molar-refractivity contribution >= 4 is 17.7 Å². The Labute approximate surface area is 139 Å². The molecule has 0 aliphatic carbocycles. The highest BCUT2D eigenvalue weighted by Gasteiger charge is 2.08. The third-order valence-corrected chi connectivity index (χ3v) is 3.04. The number of benzene rings is 2. The molecule has 0 unspecified atom stereocenters. The van der Waals surface area contributed by atoms with Gasteiger partial charge in [0, 0.05) is 17.7 Å². The zero-order chi connectivity index (χ0) is 17.4. The topological polar surface area (TPSA) is 69.7 Å². The summed E-state index contributed by atoms with van der Waals surface area (Å²) in [6, 6.07) is 15.4. The minimum Gasteiger partial charge on any atom is -0.454 e. The van der Waals surface area contributed by atoms with Gasteiger partial charge in [-0.3, -0.25) is 4.79 Å². The largest absolute Gasteiger partial charge is 0.454 e. The van der Waals surface area contributed by atoms with Crippen LogP contribution in [0.3, 0.4) is 0 Å². The van der Waals surface area contributed by atoms with Gasteiger partial charge in [-0.25, -0.2) is 9.59 Å². The number of rotatable bonds is 6. The van der Waals surface area contributed by atoms with Gasteiger partial charge in [-0.05, 0) is 19.1 Å². The second kappa shape index (κ2) is 8.43. The highest BCUT2D eigenvalue weighted by atomic mass is 16.5. The first-order valence-electron chi connectivity index (χ1n) is 7.26. The highest BCUT2D eigenvalue weighted by Crippen LogP contribution is 2.11. The number of ether oxygens (including phenoxy) is 2. The summed E-state index contributed by atoms with van der Waals surface area (Å²) in [5, 5.41) is 0. The molecule has 0 heterocycles. The first-order valence-corrected chi connectivity index (χ1v) is 7.26. The van der Waals surface area contributed by atoms with Gasteiger partial charge < -0.3 is 9.47 Å². The summed E-state index contributed by atoms with van der Waals surface area (Å²) in [5.41, 5.74) is 1.49. The summed E-state index contributed by atoms with van der Waals surface area (Å²) in [7, 11) is 0. The minimum absolute atomic E-state index is 0.320. The highest BCUT2D eigenvalue weighted by molar-refractivity contribution is 5.99. The Kier molecular flexibility index (Phi) is 6.02. The monoisotopic (exact) mass is 324 g/mol. The molecule has 0 spiro atoms. The lowest BCUT2D eigenvalue weighted by molar-refractivity contribution is -0.137. The van der Waals surface area contributed by atoms with Crippen LogP contribution >= 0.6 is 0 Å². The van der Waals surface area contributed by atoms with Gasteiger partial charge in [0.1, 0.15) is 5.75 Å². The smallest absolute Gasteiger partial charge is 0.336 e. The molecule has 122 valence electrons. The summed E-state index contributed by atoms with van der Waals surface area (Å²) >= 11 is 0. The molecular formula is C19H16O5. The maximum Gasteiger partial charge on any atom is 0.336 e. The van der Waals surface area contributed by atoms with Gasteiger partial charge in [-0.15, -0.1) is 0 Å². The number of hydrogen-bond acceptors (Lipinski definition) is 5. The number of carbonyl (C=O) groups is 3. The van der Waals surface area contributed by atoms with E-state index in [1.807, 2.05) is 6.92 Å². The Morgan fingerprint density at radius 2 is 1.50 bits per heavy atom. The van der Waals surface area contributed by atoms with Crippen LogP contribution in [0.15, 0.2) is 66.7 Å². The summed E-state index contributed by atoms with van der Waals surface area (Å²) in [6.45, 7) is 1.53. The molecule has 5 nitrogen and oxygen atoms in total. The molecule has 0 fully saturated rings. The van der Waals surface area contributed by atoms with Crippen molar-refractivity contribution in [3.63, 3.8) is 0 Å². The molecule has 2 rings (SSSR count). The lowest BCUT2D eigenvalue weighted by Gasteiger charge is -2.02. The predicted molar refractivity (Wildman–Crippen MR) is 87.7 cm³/mol. The molecule has 5 heteroatoms. The van der Waals surface area contributed by atoms with Crippen LogP contribution in [0.1, 0.15) is 15.9 Å². The SMILES string of the molecule is Cc1ccc(OC(=O)/C=C/C(=O)OCC(=O)c2ccccc2)cc1. The maximum absolute atomic E-state index is 11.8. The normalized spacial score (nSPS) is 10.4. The first-order chi connectivity index (χ1) is 11.5. The fourth-order valence-electron chi connectivity index (χ4n) is 1.78. The lowest BCUT2D eigenvalue weighted by Crippen LogP contribution is -2.13. The Morgan fingerprint density at radius 1 is 0.875 bits per heavy atom. The number of Topliss-reactive ketones (excluding diaryl/α,β-unsaturated/α-hetero) is 1. The van der Waals surface area contributed by atoms with Crippen LogP contribution in [-0.2, 0) is 14.3 Å². The molecule has 0 atom stereocenters. The van der Waals surface area contributed by atoms with Crippen molar-refractivity contribution in [1.82, 2.24) is 0 Å². The van der Waals surface area contributed by atoms with Gasteiger partial charge in [0.15, 0.2) is 12.4 Å². The second-order valence-corrected chi connectivity index (χ2v) is 4.96. The van der Waals surface area contributed by atoms with Crippen LogP contribution in [-0.4, -0.2) is 24.3 Å². The Morgan fingerprint density at radius 3 is 2.17 bits per heavy atom. The third kappa shape index (κ3) is 5.53. The molecular weight excluding hydrogens is 308 g/mol. The lowest BCUT2D eigenvalue weighted by atomic mass is 10.1. The number of ketones is 1. The van der Waals surface area contributed by atoms with Gasteiger partial charge in [0.25, 0.3) is 0 Å². The van der Waals surface area contributed by atoms with E-state index in [1.54, 1.807) is 54.6 Å². The number of esters is 2. The van der Waals surface area contributed by atoms with Gasteiger partial charge in [0.05, 0.1) is 0 Å². The molecule has 0 amide bonds. The summed E-state index contributed by atoms with van der Waals surface area (Å²) < 4.78 is 9.81. The van der Waals surface area contributed by atoms with Crippen LogP contribution in [0.4, 0.5) is 0 Å². The van der Waals surface area contributed by atoms with E-state index in [1.165, 1.54) is 0 Å². The molecule has 0 aliphatic heterocycles. The van der Waals surface area contributed by atoms with Crippen molar-refractivity contribution in [1.29, 1.82) is 0 Å². The zero-order valence-corrected chi connectivity index (χ0v) is 13.1. The zero-order valence-electron chi connectivity index (χ0n) is 13.1. The van der Waals surface area contributed by atoms with Crippen LogP contribution < -0.4 is 4.74 Å². The fraction of sp³-hybridized carbons (Fsp3) is 0.105. The van der Waals surface area contributed by atoms with Crippen molar-refractivity contribution in [3.8, 4) is 5.75 Å². The van der Waals surface area contributed by atoms with Crippen molar-refractivity contribution in [2.45, 2.75) is 6.92 Å². The van der Waals surface area contributed by atoms with Gasteiger partial charge >= 0.3 is 11.9 Å². The van der Waals surface area contributed by atoms with E-state index >= 15 is 0 Å². The van der Waals surface area contributed by atoms with E-state index in [4.69, 9.17) is 9.47 Å². The Balaban J connectivity index is 1.79. The molecule has 24 heavy (non-hydrogen) atoms. The van der Waals surface area contributed by atoms with E-state index in [0.717, 1.165) is 17.7 Å². The Hall–Kier alpha value is -3.21. The van der Waals surface area contributed by atoms with E-state index < -0.39 is 11.9 Å². The molecule has 0 saturated heterocycles. The molecule has 0 saturated carbocycles. The summed E-state index contributed by atoms with van der Waals surface area (Å²) in [5.74, 6) is -1.44. The van der Waals surface area contributed by atoms with Crippen molar-refractivity contribution in [3.05, 3.63) is 77.9 Å². The number of aryl methyl sites for hydroxylation is 1. The van der Waals surface area contributed by atoms with Gasteiger partial charge in [-0.1, -0.05) is 48.0 Å². The fourth-order valence-corrected chi connectivity index (χ4v) is 1.78. The molecule has 0 aliphatic rings. The predicted octanol–water partition coefficient (Wildman–Crippen LogP) is 2.88. The molecule has 0 bridgehead atoms. The molecule has 0 aromatic heterocycles. The van der Waals surface area contributed by atoms with E-state index in [0.29, 0.717) is 11.3 Å². The average Bonchev–Trinajstić information content (AvgIpc) is 2.60. The number of carbonyl (C=O) groups excluding carboxylic acids is 3. The molecule has 2 aromatic carbocycles. The van der Waals surface area contributed by atoms with Crippen LogP contribution in [0.5, 0.6) is 5.75 Å². The second-order valence-electron chi connectivity index (χ2n) is 4.96. The molecule has 0 N–H and O–H groups in total. The first kappa shape index (κ1) is 17.1. The van der Waals surface area contributed by atoms with E-state index in [2.05, 4.69) is 0 Å².